The zero-order valence-electron chi connectivity index (χ0n) is 12.2. The Morgan fingerprint density at radius 3 is 2.70 bits per heavy atom. The van der Waals surface area contributed by atoms with E-state index < -0.39 is 0 Å². The molecule has 7 nitrogen and oxygen atoms in total. The number of carbonyl (C=O) groups excluding carboxylic acids is 1. The van der Waals surface area contributed by atoms with Crippen LogP contribution >= 0.6 is 0 Å². The molecule has 0 aliphatic carbocycles. The van der Waals surface area contributed by atoms with Crippen LogP contribution in [-0.4, -0.2) is 25.9 Å². The molecule has 7 heteroatoms. The normalized spacial score (nSPS) is 10.8. The predicted molar refractivity (Wildman–Crippen MR) is 77.6 cm³/mol. The van der Waals surface area contributed by atoms with Gasteiger partial charge in [-0.2, -0.15) is 10.2 Å². The molecule has 1 amide bonds. The number of carbonyl (C=O) groups is 1. The van der Waals surface area contributed by atoms with Crippen LogP contribution in [0.25, 0.3) is 0 Å². The molecule has 0 saturated carbocycles. The van der Waals surface area contributed by atoms with Crippen LogP contribution in [0.4, 0.5) is 11.4 Å². The van der Waals surface area contributed by atoms with E-state index in [4.69, 9.17) is 5.73 Å². The number of H-pyrrole nitrogens is 1. The molecule has 0 bridgehead atoms. The molecule has 0 fully saturated rings. The van der Waals surface area contributed by atoms with Gasteiger partial charge in [0.2, 0.25) is 0 Å². The summed E-state index contributed by atoms with van der Waals surface area (Å²) >= 11 is 0. The Morgan fingerprint density at radius 1 is 1.45 bits per heavy atom. The van der Waals surface area contributed by atoms with Crippen molar-refractivity contribution in [3.8, 4) is 0 Å². The van der Waals surface area contributed by atoms with Crippen LogP contribution in [0.15, 0.2) is 0 Å². The molecule has 0 aliphatic rings. The van der Waals surface area contributed by atoms with E-state index in [2.05, 4.69) is 20.6 Å². The standard InChI is InChI=1S/C13H20N6O/c1-5-6-9-10(14)12(17-16-9)13(20)15-11-7(2)18-19(4)8(11)3/h5-6,14H2,1-4H3,(H,15,20)(H,16,17). The molecule has 2 rings (SSSR count). The number of hydrogen-bond donors (Lipinski definition) is 3. The van der Waals surface area contributed by atoms with Crippen molar-refractivity contribution in [2.45, 2.75) is 33.6 Å². The first-order valence-electron chi connectivity index (χ1n) is 6.60. The van der Waals surface area contributed by atoms with Crippen molar-refractivity contribution < 1.29 is 4.79 Å². The van der Waals surface area contributed by atoms with Gasteiger partial charge in [-0.3, -0.25) is 14.6 Å². The lowest BCUT2D eigenvalue weighted by molar-refractivity contribution is 0.102. The largest absolute Gasteiger partial charge is 0.395 e. The highest BCUT2D eigenvalue weighted by atomic mass is 16.2. The van der Waals surface area contributed by atoms with E-state index in [0.717, 1.165) is 29.9 Å². The van der Waals surface area contributed by atoms with E-state index in [1.54, 1.807) is 4.68 Å². The van der Waals surface area contributed by atoms with Crippen molar-refractivity contribution in [2.75, 3.05) is 11.1 Å². The van der Waals surface area contributed by atoms with E-state index in [0.29, 0.717) is 11.4 Å². The van der Waals surface area contributed by atoms with Gasteiger partial charge < -0.3 is 11.1 Å². The minimum absolute atomic E-state index is 0.233. The van der Waals surface area contributed by atoms with Crippen molar-refractivity contribution in [3.05, 3.63) is 22.8 Å². The molecule has 4 N–H and O–H groups in total. The second-order valence-electron chi connectivity index (χ2n) is 4.84. The number of anilines is 2. The molecule has 108 valence electrons. The van der Waals surface area contributed by atoms with E-state index in [-0.39, 0.29) is 11.6 Å². The van der Waals surface area contributed by atoms with Crippen molar-refractivity contribution in [1.29, 1.82) is 0 Å². The number of nitrogens with two attached hydrogens (primary N) is 1. The topological polar surface area (TPSA) is 102 Å². The van der Waals surface area contributed by atoms with Gasteiger partial charge in [0.05, 0.1) is 28.5 Å². The minimum atomic E-state index is -0.319. The SMILES string of the molecule is CCCc1[nH]nc(C(=O)Nc2c(C)nn(C)c2C)c1N. The van der Waals surface area contributed by atoms with Gasteiger partial charge in [-0.1, -0.05) is 13.3 Å². The third kappa shape index (κ3) is 2.38. The van der Waals surface area contributed by atoms with Crippen molar-refractivity contribution >= 4 is 17.3 Å². The Labute approximate surface area is 117 Å². The molecular formula is C13H20N6O. The van der Waals surface area contributed by atoms with Crippen LogP contribution in [0.1, 0.15) is 40.9 Å². The summed E-state index contributed by atoms with van der Waals surface area (Å²) in [6, 6.07) is 0. The van der Waals surface area contributed by atoms with Crippen molar-refractivity contribution in [1.82, 2.24) is 20.0 Å². The lowest BCUT2D eigenvalue weighted by Crippen LogP contribution is -2.15. The first-order chi connectivity index (χ1) is 9.45. The smallest absolute Gasteiger partial charge is 0.278 e. The van der Waals surface area contributed by atoms with Crippen LogP contribution < -0.4 is 11.1 Å². The third-order valence-corrected chi connectivity index (χ3v) is 3.35. The Morgan fingerprint density at radius 2 is 2.15 bits per heavy atom. The highest BCUT2D eigenvalue weighted by Gasteiger charge is 2.19. The Bertz CT molecular complexity index is 640. The van der Waals surface area contributed by atoms with Gasteiger partial charge in [-0.05, 0) is 20.3 Å². The average molecular weight is 276 g/mol. The van der Waals surface area contributed by atoms with Gasteiger partial charge in [0.1, 0.15) is 0 Å². The molecule has 2 aromatic heterocycles. The lowest BCUT2D eigenvalue weighted by atomic mass is 10.2. The molecule has 0 aromatic carbocycles. The van der Waals surface area contributed by atoms with Gasteiger partial charge >= 0.3 is 0 Å². The Kier molecular flexibility index (Phi) is 3.78. The lowest BCUT2D eigenvalue weighted by Gasteiger charge is -2.04. The number of rotatable bonds is 4. The predicted octanol–water partition coefficient (Wildman–Crippen LogP) is 1.55. The number of aromatic nitrogens is 4. The quantitative estimate of drug-likeness (QED) is 0.788. The van der Waals surface area contributed by atoms with Gasteiger partial charge in [0.15, 0.2) is 5.69 Å². The number of nitrogen functional groups attached to an aromatic ring is 1. The molecule has 2 heterocycles. The highest BCUT2D eigenvalue weighted by molar-refractivity contribution is 6.07. The number of aromatic amines is 1. The first kappa shape index (κ1) is 14.1. The zero-order valence-corrected chi connectivity index (χ0v) is 12.2. The number of nitrogens with zero attached hydrogens (tertiary/aromatic N) is 3. The molecule has 0 radical (unpaired) electrons. The fourth-order valence-electron chi connectivity index (χ4n) is 2.13. The summed E-state index contributed by atoms with van der Waals surface area (Å²) in [7, 11) is 1.83. The zero-order chi connectivity index (χ0) is 14.9. The molecule has 2 aromatic rings. The maximum Gasteiger partial charge on any atom is 0.278 e. The van der Waals surface area contributed by atoms with Crippen LogP contribution in [0.5, 0.6) is 0 Å². The summed E-state index contributed by atoms with van der Waals surface area (Å²) in [5, 5.41) is 13.9. The van der Waals surface area contributed by atoms with Crippen LogP contribution in [0, 0.1) is 13.8 Å². The summed E-state index contributed by atoms with van der Waals surface area (Å²) in [6.45, 7) is 5.79. The van der Waals surface area contributed by atoms with Crippen molar-refractivity contribution in [2.24, 2.45) is 7.05 Å². The summed E-state index contributed by atoms with van der Waals surface area (Å²) in [5.41, 5.74) is 9.76. The van der Waals surface area contributed by atoms with Gasteiger partial charge in [0, 0.05) is 7.05 Å². The summed E-state index contributed by atoms with van der Waals surface area (Å²) in [6.07, 6.45) is 1.71. The Balaban J connectivity index is 2.24. The molecular weight excluding hydrogens is 256 g/mol. The third-order valence-electron chi connectivity index (χ3n) is 3.35. The second-order valence-corrected chi connectivity index (χ2v) is 4.84. The van der Waals surface area contributed by atoms with E-state index in [1.807, 2.05) is 27.8 Å². The summed E-state index contributed by atoms with van der Waals surface area (Å²) < 4.78 is 1.72. The minimum Gasteiger partial charge on any atom is -0.395 e. The monoisotopic (exact) mass is 276 g/mol. The number of hydrogen-bond acceptors (Lipinski definition) is 4. The van der Waals surface area contributed by atoms with Gasteiger partial charge in [0.25, 0.3) is 5.91 Å². The first-order valence-corrected chi connectivity index (χ1v) is 6.60. The summed E-state index contributed by atoms with van der Waals surface area (Å²) in [5.74, 6) is -0.319. The number of amides is 1. The number of aryl methyl sites for hydroxylation is 3. The Hall–Kier alpha value is -2.31. The highest BCUT2D eigenvalue weighted by Crippen LogP contribution is 2.21. The fraction of sp³-hybridized carbons (Fsp3) is 0.462. The molecule has 0 atom stereocenters. The molecule has 0 saturated heterocycles. The summed E-state index contributed by atoms with van der Waals surface area (Å²) in [4.78, 5) is 12.3. The van der Waals surface area contributed by atoms with E-state index in [1.165, 1.54) is 0 Å². The maximum absolute atomic E-state index is 12.3. The maximum atomic E-state index is 12.3. The fourth-order valence-corrected chi connectivity index (χ4v) is 2.13. The molecule has 0 unspecified atom stereocenters. The van der Waals surface area contributed by atoms with Gasteiger partial charge in [-0.15, -0.1) is 0 Å². The van der Waals surface area contributed by atoms with Gasteiger partial charge in [-0.25, -0.2) is 0 Å². The molecule has 0 aliphatic heterocycles. The van der Waals surface area contributed by atoms with Crippen LogP contribution in [0.2, 0.25) is 0 Å². The molecule has 20 heavy (non-hydrogen) atoms. The van der Waals surface area contributed by atoms with Crippen LogP contribution in [0.3, 0.4) is 0 Å². The average Bonchev–Trinajstić information content (AvgIpc) is 2.86. The second kappa shape index (κ2) is 5.36. The van der Waals surface area contributed by atoms with Crippen LogP contribution in [-0.2, 0) is 13.5 Å². The molecule has 0 spiro atoms. The van der Waals surface area contributed by atoms with E-state index >= 15 is 0 Å². The van der Waals surface area contributed by atoms with E-state index in [9.17, 15) is 4.79 Å². The number of nitrogens with one attached hydrogen (secondary N) is 2. The van der Waals surface area contributed by atoms with Crippen molar-refractivity contribution in [3.63, 3.8) is 0 Å².